The van der Waals surface area contributed by atoms with Crippen molar-refractivity contribution in [1.82, 2.24) is 34.9 Å². The van der Waals surface area contributed by atoms with Gasteiger partial charge >= 0.3 is 0 Å². The van der Waals surface area contributed by atoms with Crippen LogP contribution in [0.15, 0.2) is 35.6 Å². The molecule has 0 bridgehead atoms. The van der Waals surface area contributed by atoms with Crippen LogP contribution >= 0.6 is 0 Å². The molecule has 0 saturated heterocycles. The van der Waals surface area contributed by atoms with Gasteiger partial charge in [-0.3, -0.25) is 14.2 Å². The highest BCUT2D eigenvalue weighted by Gasteiger charge is 2.45. The van der Waals surface area contributed by atoms with E-state index in [0.29, 0.717) is 30.2 Å². The van der Waals surface area contributed by atoms with Crippen molar-refractivity contribution < 1.29 is 14.3 Å². The second kappa shape index (κ2) is 7.27. The molecule has 0 radical (unpaired) electrons. The minimum Gasteiger partial charge on any atom is -0.501 e. The average Bonchev–Trinajstić information content (AvgIpc) is 3.28. The Morgan fingerprint density at radius 3 is 2.90 bits per heavy atom. The summed E-state index contributed by atoms with van der Waals surface area (Å²) >= 11 is 0. The number of nitrogens with one attached hydrogen (secondary N) is 2. The third kappa shape index (κ3) is 3.17. The van der Waals surface area contributed by atoms with E-state index in [1.807, 2.05) is 0 Å². The van der Waals surface area contributed by atoms with Crippen molar-refractivity contribution in [3.05, 3.63) is 64.1 Å². The van der Waals surface area contributed by atoms with Crippen molar-refractivity contribution in [2.24, 2.45) is 0 Å². The molecule has 1 amide bonds. The first-order valence-electron chi connectivity index (χ1n) is 9.99. The third-order valence-electron chi connectivity index (χ3n) is 5.95. The topological polar surface area (TPSA) is 127 Å². The summed E-state index contributed by atoms with van der Waals surface area (Å²) in [4.78, 5) is 33.8. The van der Waals surface area contributed by atoms with E-state index >= 15 is 0 Å². The SMILES string of the molecule is O=C(NCc1ccc(F)cc1-n1cncn1)c1nc2n(c(=O)c1O)CCNC21CCC1. The van der Waals surface area contributed by atoms with E-state index in [-0.39, 0.29) is 12.2 Å². The highest BCUT2D eigenvalue weighted by atomic mass is 19.1. The van der Waals surface area contributed by atoms with Gasteiger partial charge in [0.15, 0.2) is 5.69 Å². The number of aromatic nitrogens is 5. The summed E-state index contributed by atoms with van der Waals surface area (Å²) in [5.74, 6) is -1.33. The Labute approximate surface area is 175 Å². The van der Waals surface area contributed by atoms with Crippen molar-refractivity contribution in [3.8, 4) is 11.4 Å². The molecule has 3 N–H and O–H groups in total. The van der Waals surface area contributed by atoms with Gasteiger partial charge in [-0.05, 0) is 37.0 Å². The maximum absolute atomic E-state index is 13.7. The van der Waals surface area contributed by atoms with Crippen molar-refractivity contribution in [2.45, 2.75) is 37.9 Å². The zero-order chi connectivity index (χ0) is 21.6. The van der Waals surface area contributed by atoms with Crippen LogP contribution in [0.3, 0.4) is 0 Å². The first-order chi connectivity index (χ1) is 15.0. The number of nitrogens with zero attached hydrogens (tertiary/aromatic N) is 5. The van der Waals surface area contributed by atoms with E-state index in [1.54, 1.807) is 0 Å². The molecule has 5 rings (SSSR count). The van der Waals surface area contributed by atoms with Crippen molar-refractivity contribution in [2.75, 3.05) is 6.54 Å². The molecule has 3 aromatic rings. The predicted octanol–water partition coefficient (Wildman–Crippen LogP) is 0.581. The van der Waals surface area contributed by atoms with Gasteiger partial charge in [-0.15, -0.1) is 0 Å². The fourth-order valence-corrected chi connectivity index (χ4v) is 4.18. The number of fused-ring (bicyclic) bond motifs is 2. The molecule has 3 heterocycles. The van der Waals surface area contributed by atoms with E-state index in [1.165, 1.54) is 40.1 Å². The predicted molar refractivity (Wildman–Crippen MR) is 106 cm³/mol. The molecule has 160 valence electrons. The fraction of sp³-hybridized carbons (Fsp3) is 0.350. The van der Waals surface area contributed by atoms with Crippen LogP contribution in [0.25, 0.3) is 5.69 Å². The van der Waals surface area contributed by atoms with Gasteiger partial charge < -0.3 is 15.7 Å². The number of aromatic hydroxyl groups is 1. The van der Waals surface area contributed by atoms with Crippen LogP contribution in [-0.2, 0) is 18.6 Å². The fourth-order valence-electron chi connectivity index (χ4n) is 4.18. The summed E-state index contributed by atoms with van der Waals surface area (Å²) in [6.07, 6.45) is 5.38. The molecular formula is C20H20FN7O3. The van der Waals surface area contributed by atoms with Crippen LogP contribution in [0.1, 0.15) is 41.1 Å². The first kappa shape index (κ1) is 19.4. The monoisotopic (exact) mass is 425 g/mol. The zero-order valence-electron chi connectivity index (χ0n) is 16.5. The molecule has 31 heavy (non-hydrogen) atoms. The minimum atomic E-state index is -0.688. The largest absolute Gasteiger partial charge is 0.501 e. The Morgan fingerprint density at radius 1 is 1.35 bits per heavy atom. The molecular weight excluding hydrogens is 405 g/mol. The molecule has 1 fully saturated rings. The molecule has 11 heteroatoms. The maximum atomic E-state index is 13.7. The second-order valence-electron chi connectivity index (χ2n) is 7.75. The standard InChI is InChI=1S/C20H20FN7O3/c21-13-3-2-12(14(8-13)28-11-22-10-25-28)9-23-17(30)15-16(29)18(31)27-7-6-24-20(4-1-5-20)19(27)26-15/h2-3,8,10-11,24,29H,1,4-7,9H2,(H,23,30). The average molecular weight is 425 g/mol. The van der Waals surface area contributed by atoms with E-state index in [4.69, 9.17) is 0 Å². The number of hydrogen-bond donors (Lipinski definition) is 3. The normalized spacial score (nSPS) is 16.5. The first-order valence-corrected chi connectivity index (χ1v) is 9.99. The molecule has 1 spiro atoms. The number of carbonyl (C=O) groups excluding carboxylic acids is 1. The molecule has 1 aliphatic carbocycles. The van der Waals surface area contributed by atoms with Crippen LogP contribution in [0.2, 0.25) is 0 Å². The van der Waals surface area contributed by atoms with Gasteiger partial charge in [-0.2, -0.15) is 5.10 Å². The molecule has 2 aromatic heterocycles. The van der Waals surface area contributed by atoms with E-state index in [9.17, 15) is 19.1 Å². The van der Waals surface area contributed by atoms with Crippen LogP contribution in [-0.4, -0.2) is 41.9 Å². The highest BCUT2D eigenvalue weighted by Crippen LogP contribution is 2.41. The molecule has 1 aliphatic heterocycles. The lowest BCUT2D eigenvalue weighted by molar-refractivity contribution is 0.0935. The summed E-state index contributed by atoms with van der Waals surface area (Å²) < 4.78 is 16.6. The van der Waals surface area contributed by atoms with Crippen LogP contribution in [0.4, 0.5) is 4.39 Å². The lowest BCUT2D eigenvalue weighted by Gasteiger charge is -2.45. The number of benzene rings is 1. The summed E-state index contributed by atoms with van der Waals surface area (Å²) in [5, 5.41) is 20.4. The summed E-state index contributed by atoms with van der Waals surface area (Å²) in [6.45, 7) is 1.00. The van der Waals surface area contributed by atoms with Gasteiger partial charge in [0.1, 0.15) is 24.3 Å². The molecule has 2 aliphatic rings. The number of amides is 1. The molecule has 1 aromatic carbocycles. The van der Waals surface area contributed by atoms with Crippen LogP contribution < -0.4 is 16.2 Å². The van der Waals surface area contributed by atoms with Crippen LogP contribution in [0.5, 0.6) is 5.75 Å². The smallest absolute Gasteiger partial charge is 0.296 e. The summed E-state index contributed by atoms with van der Waals surface area (Å²) in [7, 11) is 0. The number of hydrogen-bond acceptors (Lipinski definition) is 7. The van der Waals surface area contributed by atoms with Gasteiger partial charge in [-0.25, -0.2) is 19.0 Å². The van der Waals surface area contributed by atoms with Gasteiger partial charge in [0.2, 0.25) is 5.75 Å². The number of halogens is 1. The van der Waals surface area contributed by atoms with Gasteiger partial charge in [0, 0.05) is 19.6 Å². The van der Waals surface area contributed by atoms with Crippen molar-refractivity contribution in [3.63, 3.8) is 0 Å². The quantitative estimate of drug-likeness (QED) is 0.558. The lowest BCUT2D eigenvalue weighted by Crippen LogP contribution is -2.57. The summed E-state index contributed by atoms with van der Waals surface area (Å²) in [5.41, 5.74) is -0.356. The second-order valence-corrected chi connectivity index (χ2v) is 7.75. The number of rotatable bonds is 4. The molecule has 10 nitrogen and oxygen atoms in total. The van der Waals surface area contributed by atoms with Crippen LogP contribution in [0, 0.1) is 5.82 Å². The zero-order valence-corrected chi connectivity index (χ0v) is 16.5. The van der Waals surface area contributed by atoms with E-state index in [2.05, 4.69) is 25.7 Å². The van der Waals surface area contributed by atoms with E-state index < -0.39 is 28.6 Å². The highest BCUT2D eigenvalue weighted by molar-refractivity contribution is 5.94. The number of carbonyl (C=O) groups is 1. The van der Waals surface area contributed by atoms with Gasteiger partial charge in [-0.1, -0.05) is 6.07 Å². The van der Waals surface area contributed by atoms with Gasteiger partial charge in [0.05, 0.1) is 11.2 Å². The Bertz CT molecular complexity index is 1220. The van der Waals surface area contributed by atoms with Crippen molar-refractivity contribution in [1.29, 1.82) is 0 Å². The Kier molecular flexibility index (Phi) is 4.54. The maximum Gasteiger partial charge on any atom is 0.296 e. The Hall–Kier alpha value is -3.60. The molecule has 0 atom stereocenters. The summed E-state index contributed by atoms with van der Waals surface area (Å²) in [6, 6.07) is 4.08. The van der Waals surface area contributed by atoms with Gasteiger partial charge in [0.25, 0.3) is 11.5 Å². The lowest BCUT2D eigenvalue weighted by atomic mass is 9.75. The Balaban J connectivity index is 1.44. The minimum absolute atomic E-state index is 0.0111. The molecule has 0 unspecified atom stereocenters. The third-order valence-corrected chi connectivity index (χ3v) is 5.95. The van der Waals surface area contributed by atoms with E-state index in [0.717, 1.165) is 19.3 Å². The van der Waals surface area contributed by atoms with Crippen molar-refractivity contribution >= 4 is 5.91 Å². The Morgan fingerprint density at radius 2 is 2.19 bits per heavy atom. The molecule has 1 saturated carbocycles.